The Morgan fingerprint density at radius 3 is 1.42 bits per heavy atom. The van der Waals surface area contributed by atoms with Crippen molar-refractivity contribution in [2.45, 2.75) is 148 Å². The molecule has 36 heavy (non-hydrogen) atoms. The average Bonchev–Trinajstić information content (AvgIpc) is 2.83. The van der Waals surface area contributed by atoms with Crippen LogP contribution in [0.1, 0.15) is 142 Å². The van der Waals surface area contributed by atoms with Crippen LogP contribution in [0.15, 0.2) is 0 Å². The third-order valence-corrected chi connectivity index (χ3v) is 6.61. The predicted octanol–water partition coefficient (Wildman–Crippen LogP) is 7.39. The SMILES string of the molecule is CCCCCCCCCCCCC(=O)OC(COC(=O)CCCCCCCCCC)COP(=O)(O)O. The second-order valence-corrected chi connectivity index (χ2v) is 11.0. The molecule has 0 aliphatic heterocycles. The van der Waals surface area contributed by atoms with Crippen LogP contribution in [0, 0.1) is 0 Å². The van der Waals surface area contributed by atoms with E-state index < -0.39 is 32.5 Å². The minimum absolute atomic E-state index is 0.217. The first-order valence-corrected chi connectivity index (χ1v) is 15.9. The van der Waals surface area contributed by atoms with E-state index in [2.05, 4.69) is 18.4 Å². The van der Waals surface area contributed by atoms with Crippen LogP contribution >= 0.6 is 7.82 Å². The molecule has 0 saturated carbocycles. The summed E-state index contributed by atoms with van der Waals surface area (Å²) in [6, 6.07) is 0. The topological polar surface area (TPSA) is 119 Å². The van der Waals surface area contributed by atoms with Gasteiger partial charge in [-0.1, -0.05) is 117 Å². The number of carbonyl (C=O) groups is 2. The first-order valence-electron chi connectivity index (χ1n) is 14.3. The van der Waals surface area contributed by atoms with E-state index in [4.69, 9.17) is 19.3 Å². The van der Waals surface area contributed by atoms with Gasteiger partial charge in [0.1, 0.15) is 6.61 Å². The summed E-state index contributed by atoms with van der Waals surface area (Å²) in [5.41, 5.74) is 0. The van der Waals surface area contributed by atoms with Crippen LogP contribution in [0.5, 0.6) is 0 Å². The standard InChI is InChI=1S/C27H53O8P/c1-3-5-7-9-11-13-14-16-18-20-22-27(29)35-25(24-34-36(30,31)32)23-33-26(28)21-19-17-15-12-10-8-6-4-2/h25H,3-24H2,1-2H3,(H2,30,31,32). The predicted molar refractivity (Wildman–Crippen MR) is 143 cm³/mol. The Balaban J connectivity index is 4.08. The molecule has 9 heteroatoms. The number of phosphoric acid groups is 1. The highest BCUT2D eigenvalue weighted by Gasteiger charge is 2.22. The van der Waals surface area contributed by atoms with Crippen LogP contribution in [0.3, 0.4) is 0 Å². The zero-order chi connectivity index (χ0) is 26.9. The van der Waals surface area contributed by atoms with Crippen molar-refractivity contribution in [3.05, 3.63) is 0 Å². The van der Waals surface area contributed by atoms with Crippen LogP contribution in [-0.2, 0) is 28.2 Å². The van der Waals surface area contributed by atoms with Gasteiger partial charge in [-0.2, -0.15) is 0 Å². The van der Waals surface area contributed by atoms with Gasteiger partial charge in [-0.15, -0.1) is 0 Å². The molecule has 0 spiro atoms. The Labute approximate surface area is 219 Å². The van der Waals surface area contributed by atoms with E-state index in [0.717, 1.165) is 38.5 Å². The van der Waals surface area contributed by atoms with E-state index in [1.807, 2.05) is 0 Å². The second-order valence-electron chi connectivity index (χ2n) is 9.74. The lowest BCUT2D eigenvalue weighted by atomic mass is 10.1. The maximum Gasteiger partial charge on any atom is 0.469 e. The molecule has 0 rings (SSSR count). The van der Waals surface area contributed by atoms with Crippen LogP contribution in [0.2, 0.25) is 0 Å². The van der Waals surface area contributed by atoms with Crippen molar-refractivity contribution in [3.8, 4) is 0 Å². The smallest absolute Gasteiger partial charge is 0.462 e. The van der Waals surface area contributed by atoms with Gasteiger partial charge < -0.3 is 19.3 Å². The third kappa shape index (κ3) is 26.1. The van der Waals surface area contributed by atoms with E-state index in [0.29, 0.717) is 6.42 Å². The summed E-state index contributed by atoms with van der Waals surface area (Å²) in [4.78, 5) is 42.1. The highest BCUT2D eigenvalue weighted by Crippen LogP contribution is 2.35. The van der Waals surface area contributed by atoms with Crippen molar-refractivity contribution < 1.29 is 37.9 Å². The number of hydrogen-bond acceptors (Lipinski definition) is 6. The number of unbranched alkanes of at least 4 members (excludes halogenated alkanes) is 16. The fourth-order valence-electron chi connectivity index (χ4n) is 3.96. The fourth-order valence-corrected chi connectivity index (χ4v) is 4.32. The molecule has 0 aliphatic rings. The molecular weight excluding hydrogens is 483 g/mol. The highest BCUT2D eigenvalue weighted by molar-refractivity contribution is 7.46. The maximum atomic E-state index is 12.2. The fraction of sp³-hybridized carbons (Fsp3) is 0.926. The van der Waals surface area contributed by atoms with Crippen molar-refractivity contribution >= 4 is 19.8 Å². The molecule has 0 aromatic heterocycles. The second kappa shape index (κ2) is 24.4. The van der Waals surface area contributed by atoms with E-state index >= 15 is 0 Å². The number of rotatable bonds is 26. The number of esters is 2. The first-order chi connectivity index (χ1) is 17.3. The molecule has 0 saturated heterocycles. The van der Waals surface area contributed by atoms with Gasteiger partial charge in [-0.3, -0.25) is 14.1 Å². The van der Waals surface area contributed by atoms with Gasteiger partial charge in [0.2, 0.25) is 0 Å². The Bertz CT molecular complexity index is 578. The zero-order valence-electron chi connectivity index (χ0n) is 22.9. The lowest BCUT2D eigenvalue weighted by Crippen LogP contribution is -2.29. The van der Waals surface area contributed by atoms with Gasteiger partial charge >= 0.3 is 19.8 Å². The third-order valence-electron chi connectivity index (χ3n) is 6.13. The molecule has 1 unspecified atom stereocenters. The monoisotopic (exact) mass is 536 g/mol. The molecule has 0 aromatic rings. The van der Waals surface area contributed by atoms with Crippen molar-refractivity contribution in [3.63, 3.8) is 0 Å². The number of ether oxygens (including phenoxy) is 2. The molecule has 214 valence electrons. The minimum Gasteiger partial charge on any atom is -0.462 e. The molecule has 2 N–H and O–H groups in total. The van der Waals surface area contributed by atoms with E-state index in [1.54, 1.807) is 0 Å². The molecule has 0 aliphatic carbocycles. The summed E-state index contributed by atoms with van der Waals surface area (Å²) in [6.45, 7) is 3.59. The number of hydrogen-bond donors (Lipinski definition) is 2. The minimum atomic E-state index is -4.72. The van der Waals surface area contributed by atoms with Gasteiger partial charge in [-0.05, 0) is 12.8 Å². The maximum absolute atomic E-state index is 12.2. The van der Waals surface area contributed by atoms with Gasteiger partial charge in [0.25, 0.3) is 0 Å². The molecule has 0 amide bonds. The summed E-state index contributed by atoms with van der Waals surface area (Å²) < 4.78 is 26.0. The largest absolute Gasteiger partial charge is 0.469 e. The van der Waals surface area contributed by atoms with Gasteiger partial charge in [0, 0.05) is 12.8 Å². The van der Waals surface area contributed by atoms with Crippen LogP contribution in [0.4, 0.5) is 0 Å². The average molecular weight is 537 g/mol. The van der Waals surface area contributed by atoms with E-state index in [1.165, 1.54) is 70.6 Å². The van der Waals surface area contributed by atoms with Crippen LogP contribution in [0.25, 0.3) is 0 Å². The van der Waals surface area contributed by atoms with Gasteiger partial charge in [0.05, 0.1) is 6.61 Å². The van der Waals surface area contributed by atoms with Crippen LogP contribution in [-0.4, -0.2) is 41.0 Å². The van der Waals surface area contributed by atoms with E-state index in [-0.39, 0.29) is 19.4 Å². The summed E-state index contributed by atoms with van der Waals surface area (Å²) in [6.07, 6.45) is 19.9. The van der Waals surface area contributed by atoms with Crippen LogP contribution < -0.4 is 0 Å². The van der Waals surface area contributed by atoms with Gasteiger partial charge in [0.15, 0.2) is 6.10 Å². The number of phosphoric ester groups is 1. The molecule has 0 heterocycles. The summed E-state index contributed by atoms with van der Waals surface area (Å²) in [5.74, 6) is -0.888. The molecule has 1 atom stereocenters. The van der Waals surface area contributed by atoms with Gasteiger partial charge in [-0.25, -0.2) is 4.57 Å². The summed E-state index contributed by atoms with van der Waals surface area (Å²) in [5, 5.41) is 0. The Kier molecular flexibility index (Phi) is 23.7. The molecule has 0 radical (unpaired) electrons. The number of carbonyl (C=O) groups excluding carboxylic acids is 2. The Morgan fingerprint density at radius 1 is 0.611 bits per heavy atom. The molecule has 0 bridgehead atoms. The Morgan fingerprint density at radius 2 is 1.00 bits per heavy atom. The van der Waals surface area contributed by atoms with Crippen molar-refractivity contribution in [1.29, 1.82) is 0 Å². The molecule has 0 fully saturated rings. The van der Waals surface area contributed by atoms with Crippen molar-refractivity contribution in [1.82, 2.24) is 0 Å². The normalized spacial score (nSPS) is 12.4. The van der Waals surface area contributed by atoms with Crippen molar-refractivity contribution in [2.24, 2.45) is 0 Å². The Hall–Kier alpha value is -0.950. The summed E-state index contributed by atoms with van der Waals surface area (Å²) >= 11 is 0. The quantitative estimate of drug-likeness (QED) is 0.0667. The van der Waals surface area contributed by atoms with E-state index in [9.17, 15) is 14.2 Å². The zero-order valence-corrected chi connectivity index (χ0v) is 23.8. The molecule has 8 nitrogen and oxygen atoms in total. The lowest BCUT2D eigenvalue weighted by molar-refractivity contribution is -0.161. The highest BCUT2D eigenvalue weighted by atomic mass is 31.2. The first kappa shape index (κ1) is 35.0. The molecule has 0 aromatic carbocycles. The molecular formula is C27H53O8P. The lowest BCUT2D eigenvalue weighted by Gasteiger charge is -2.18. The van der Waals surface area contributed by atoms with Crippen molar-refractivity contribution in [2.75, 3.05) is 13.2 Å². The summed E-state index contributed by atoms with van der Waals surface area (Å²) in [7, 11) is -4.72.